The van der Waals surface area contributed by atoms with Gasteiger partial charge < -0.3 is 11.2 Å². The summed E-state index contributed by atoms with van der Waals surface area (Å²) in [6.07, 6.45) is 2.08. The zero-order valence-electron chi connectivity index (χ0n) is 9.56. The van der Waals surface area contributed by atoms with Crippen molar-refractivity contribution in [3.63, 3.8) is 0 Å². The molecule has 0 aliphatic carbocycles. The monoisotopic (exact) mass is 243 g/mol. The fourth-order valence-electron chi connectivity index (χ4n) is 1.03. The lowest BCUT2D eigenvalue weighted by Crippen LogP contribution is -2.26. The Bertz CT molecular complexity index is 352. The summed E-state index contributed by atoms with van der Waals surface area (Å²) < 4.78 is 1.38. The molecular weight excluding hydrogens is 226 g/mol. The summed E-state index contributed by atoms with van der Waals surface area (Å²) in [6.45, 7) is 4.57. The third-order valence-corrected chi connectivity index (χ3v) is 2.96. The maximum absolute atomic E-state index is 11.4. The van der Waals surface area contributed by atoms with Gasteiger partial charge >= 0.3 is 0 Å². The maximum atomic E-state index is 11.4. The Morgan fingerprint density at radius 3 is 2.88 bits per heavy atom. The van der Waals surface area contributed by atoms with E-state index in [-0.39, 0.29) is 5.91 Å². The smallest absolute Gasteiger partial charge is 0.230 e. The molecule has 0 unspecified atom stereocenters. The molecule has 0 radical (unpaired) electrons. The molecular formula is C9H17N5OS. The molecule has 90 valence electrons. The average Bonchev–Trinajstić information content (AvgIpc) is 2.58. The summed E-state index contributed by atoms with van der Waals surface area (Å²) in [4.78, 5) is 11.4. The minimum absolute atomic E-state index is 0.000830. The standard InChI is InChI=1S/C9H17N5OS/c1-3-4-5-11-8(15)6-16-9-13-12-7(2)14(9)10/h3-6,10H2,1-2H3,(H,11,15). The van der Waals surface area contributed by atoms with Crippen molar-refractivity contribution < 1.29 is 4.79 Å². The van der Waals surface area contributed by atoms with Crippen LogP contribution >= 0.6 is 11.8 Å². The molecule has 1 amide bonds. The molecule has 1 aromatic rings. The number of carbonyl (C=O) groups excluding carboxylic acids is 1. The van der Waals surface area contributed by atoms with Crippen LogP contribution < -0.4 is 11.2 Å². The molecule has 0 saturated carbocycles. The molecule has 0 bridgehead atoms. The minimum Gasteiger partial charge on any atom is -0.355 e. The van der Waals surface area contributed by atoms with Crippen molar-refractivity contribution in [2.45, 2.75) is 31.8 Å². The van der Waals surface area contributed by atoms with E-state index in [1.165, 1.54) is 16.4 Å². The van der Waals surface area contributed by atoms with Crippen molar-refractivity contribution >= 4 is 17.7 Å². The topological polar surface area (TPSA) is 85.8 Å². The van der Waals surface area contributed by atoms with Crippen LogP contribution in [-0.2, 0) is 4.79 Å². The molecule has 16 heavy (non-hydrogen) atoms. The highest BCUT2D eigenvalue weighted by molar-refractivity contribution is 7.99. The highest BCUT2D eigenvalue weighted by Gasteiger charge is 2.08. The van der Waals surface area contributed by atoms with E-state index in [0.29, 0.717) is 16.7 Å². The number of aryl methyl sites for hydroxylation is 1. The summed E-state index contributed by atoms with van der Waals surface area (Å²) in [5.74, 6) is 6.60. The number of unbranched alkanes of at least 4 members (excludes halogenated alkanes) is 1. The first-order chi connectivity index (χ1) is 7.65. The molecule has 0 atom stereocenters. The van der Waals surface area contributed by atoms with E-state index >= 15 is 0 Å². The predicted molar refractivity (Wildman–Crippen MR) is 63.6 cm³/mol. The highest BCUT2D eigenvalue weighted by Crippen LogP contribution is 2.13. The third kappa shape index (κ3) is 3.73. The van der Waals surface area contributed by atoms with Crippen LogP contribution in [0.4, 0.5) is 0 Å². The van der Waals surface area contributed by atoms with Crippen LogP contribution in [0, 0.1) is 6.92 Å². The molecule has 0 aliphatic heterocycles. The summed E-state index contributed by atoms with van der Waals surface area (Å²) >= 11 is 1.29. The van der Waals surface area contributed by atoms with Crippen molar-refractivity contribution in [2.24, 2.45) is 0 Å². The molecule has 0 spiro atoms. The Balaban J connectivity index is 2.29. The molecule has 3 N–H and O–H groups in total. The van der Waals surface area contributed by atoms with Crippen molar-refractivity contribution in [3.05, 3.63) is 5.82 Å². The Morgan fingerprint density at radius 1 is 1.56 bits per heavy atom. The van der Waals surface area contributed by atoms with Crippen molar-refractivity contribution in [3.8, 4) is 0 Å². The first-order valence-corrected chi connectivity index (χ1v) is 6.20. The van der Waals surface area contributed by atoms with Gasteiger partial charge in [0.05, 0.1) is 5.75 Å². The molecule has 0 aliphatic rings. The molecule has 0 fully saturated rings. The van der Waals surface area contributed by atoms with Gasteiger partial charge in [-0.1, -0.05) is 25.1 Å². The van der Waals surface area contributed by atoms with E-state index in [2.05, 4.69) is 22.4 Å². The number of hydrogen-bond acceptors (Lipinski definition) is 5. The zero-order chi connectivity index (χ0) is 12.0. The number of nitrogens with zero attached hydrogens (tertiary/aromatic N) is 3. The molecule has 1 rings (SSSR count). The second-order valence-corrected chi connectivity index (χ2v) is 4.33. The highest BCUT2D eigenvalue weighted by atomic mass is 32.2. The van der Waals surface area contributed by atoms with Gasteiger partial charge in [-0.2, -0.15) is 0 Å². The largest absolute Gasteiger partial charge is 0.355 e. The first kappa shape index (κ1) is 12.8. The van der Waals surface area contributed by atoms with Crippen LogP contribution in [0.15, 0.2) is 5.16 Å². The molecule has 7 heteroatoms. The van der Waals surface area contributed by atoms with E-state index in [1.807, 2.05) is 0 Å². The summed E-state index contributed by atoms with van der Waals surface area (Å²) in [5, 5.41) is 11.0. The average molecular weight is 243 g/mol. The SMILES string of the molecule is CCCCNC(=O)CSc1nnc(C)n1N. The third-order valence-electron chi connectivity index (χ3n) is 2.02. The van der Waals surface area contributed by atoms with Gasteiger partial charge in [-0.05, 0) is 13.3 Å². The van der Waals surface area contributed by atoms with Gasteiger partial charge in [0, 0.05) is 6.54 Å². The predicted octanol–water partition coefficient (Wildman–Crippen LogP) is 0.309. The normalized spacial score (nSPS) is 10.4. The van der Waals surface area contributed by atoms with Crippen molar-refractivity contribution in [1.82, 2.24) is 20.2 Å². The van der Waals surface area contributed by atoms with Crippen molar-refractivity contribution in [1.29, 1.82) is 0 Å². The first-order valence-electron chi connectivity index (χ1n) is 5.21. The van der Waals surface area contributed by atoms with Gasteiger partial charge in [0.15, 0.2) is 0 Å². The molecule has 1 heterocycles. The number of nitrogens with one attached hydrogen (secondary N) is 1. The van der Waals surface area contributed by atoms with E-state index in [1.54, 1.807) is 6.92 Å². The quantitative estimate of drug-likeness (QED) is 0.426. The Hall–Kier alpha value is -1.24. The maximum Gasteiger partial charge on any atom is 0.230 e. The van der Waals surface area contributed by atoms with Gasteiger partial charge in [0.1, 0.15) is 5.82 Å². The number of amides is 1. The number of rotatable bonds is 6. The van der Waals surface area contributed by atoms with Gasteiger partial charge in [0.25, 0.3) is 0 Å². The van der Waals surface area contributed by atoms with E-state index in [9.17, 15) is 4.79 Å². The molecule has 1 aromatic heterocycles. The summed E-state index contributed by atoms with van der Waals surface area (Å²) in [6, 6.07) is 0. The molecule has 0 saturated heterocycles. The number of nitrogens with two attached hydrogens (primary N) is 1. The fraction of sp³-hybridized carbons (Fsp3) is 0.667. The van der Waals surface area contributed by atoms with Crippen LogP contribution in [-0.4, -0.2) is 33.1 Å². The summed E-state index contributed by atoms with van der Waals surface area (Å²) in [7, 11) is 0. The van der Waals surface area contributed by atoms with E-state index in [0.717, 1.165) is 19.4 Å². The molecule has 0 aromatic carbocycles. The van der Waals surface area contributed by atoms with Gasteiger partial charge in [0.2, 0.25) is 11.1 Å². The molecule has 6 nitrogen and oxygen atoms in total. The second-order valence-electron chi connectivity index (χ2n) is 3.39. The number of nitrogen functional groups attached to an aromatic ring is 1. The van der Waals surface area contributed by atoms with E-state index in [4.69, 9.17) is 5.84 Å². The van der Waals surface area contributed by atoms with Crippen LogP contribution in [0.2, 0.25) is 0 Å². The van der Waals surface area contributed by atoms with Gasteiger partial charge in [-0.15, -0.1) is 10.2 Å². The Labute approximate surface area is 99.0 Å². The van der Waals surface area contributed by atoms with Crippen LogP contribution in [0.25, 0.3) is 0 Å². The van der Waals surface area contributed by atoms with Gasteiger partial charge in [-0.25, -0.2) is 4.68 Å². The zero-order valence-corrected chi connectivity index (χ0v) is 10.4. The second kappa shape index (κ2) is 6.37. The fourth-order valence-corrected chi connectivity index (χ4v) is 1.77. The summed E-state index contributed by atoms with van der Waals surface area (Å²) in [5.41, 5.74) is 0. The number of thioether (sulfide) groups is 1. The number of hydrogen-bond donors (Lipinski definition) is 2. The Kier molecular flexibility index (Phi) is 5.10. The minimum atomic E-state index is -0.000830. The van der Waals surface area contributed by atoms with Gasteiger partial charge in [-0.3, -0.25) is 4.79 Å². The number of aromatic nitrogens is 3. The van der Waals surface area contributed by atoms with Crippen LogP contribution in [0.1, 0.15) is 25.6 Å². The van der Waals surface area contributed by atoms with Crippen LogP contribution in [0.5, 0.6) is 0 Å². The number of carbonyl (C=O) groups is 1. The van der Waals surface area contributed by atoms with E-state index < -0.39 is 0 Å². The van der Waals surface area contributed by atoms with Crippen LogP contribution in [0.3, 0.4) is 0 Å². The Morgan fingerprint density at radius 2 is 2.31 bits per heavy atom. The lowest BCUT2D eigenvalue weighted by Gasteiger charge is -2.03. The lowest BCUT2D eigenvalue weighted by molar-refractivity contribution is -0.118. The lowest BCUT2D eigenvalue weighted by atomic mass is 10.3. The van der Waals surface area contributed by atoms with Crippen molar-refractivity contribution in [2.75, 3.05) is 18.1 Å².